The van der Waals surface area contributed by atoms with Crippen LogP contribution in [0.5, 0.6) is 17.4 Å². The van der Waals surface area contributed by atoms with Crippen LogP contribution in [0.1, 0.15) is 59.8 Å². The SMILES string of the molecule is CC.Cc1cc(Oc2c(F)cccc2F)ncc1-n1ncc(C(=O)c2cc3cc(OCC(F)F)c(C4CCNCC4)cc3[nH]2)c1N. The van der Waals surface area contributed by atoms with Gasteiger partial charge in [0.05, 0.1) is 29.3 Å². The number of aromatic amines is 1. The fourth-order valence-electron chi connectivity index (χ4n) is 5.38. The Bertz CT molecular complexity index is 1830. The number of rotatable bonds is 9. The molecule has 0 spiro atoms. The highest BCUT2D eigenvalue weighted by Crippen LogP contribution is 2.37. The van der Waals surface area contributed by atoms with Crippen LogP contribution >= 0.6 is 0 Å². The molecule has 0 unspecified atom stereocenters. The molecule has 0 aliphatic carbocycles. The van der Waals surface area contributed by atoms with Crippen LogP contribution < -0.4 is 20.5 Å². The molecular formula is C33H34F4N6O3. The number of piperidine rings is 1. The zero-order valence-corrected chi connectivity index (χ0v) is 25.5. The van der Waals surface area contributed by atoms with Crippen molar-refractivity contribution >= 4 is 22.5 Å². The lowest BCUT2D eigenvalue weighted by Gasteiger charge is -2.25. The van der Waals surface area contributed by atoms with Crippen molar-refractivity contribution in [2.45, 2.75) is 46.0 Å². The molecule has 0 amide bonds. The molecule has 4 N–H and O–H groups in total. The molecule has 0 radical (unpaired) electrons. The molecule has 3 aromatic heterocycles. The predicted molar refractivity (Wildman–Crippen MR) is 166 cm³/mol. The van der Waals surface area contributed by atoms with Gasteiger partial charge in [0, 0.05) is 17.0 Å². The molecule has 5 aromatic rings. The number of nitrogens with zero attached hydrogens (tertiary/aromatic N) is 3. The number of hydrogen-bond acceptors (Lipinski definition) is 7. The smallest absolute Gasteiger partial charge is 0.272 e. The van der Waals surface area contributed by atoms with Crippen LogP contribution in [0.3, 0.4) is 0 Å². The van der Waals surface area contributed by atoms with Gasteiger partial charge in [-0.15, -0.1) is 0 Å². The zero-order valence-electron chi connectivity index (χ0n) is 25.5. The minimum Gasteiger partial charge on any atom is -0.487 e. The lowest BCUT2D eigenvalue weighted by molar-refractivity contribution is 0.0812. The lowest BCUT2D eigenvalue weighted by atomic mass is 9.89. The Balaban J connectivity index is 0.00000204. The largest absolute Gasteiger partial charge is 0.487 e. The number of benzene rings is 2. The van der Waals surface area contributed by atoms with Crippen LogP contribution in [0, 0.1) is 18.6 Å². The number of fused-ring (bicyclic) bond motifs is 1. The van der Waals surface area contributed by atoms with Crippen molar-refractivity contribution in [3.05, 3.63) is 88.9 Å². The predicted octanol–water partition coefficient (Wildman–Crippen LogP) is 7.08. The Labute approximate surface area is 262 Å². The summed E-state index contributed by atoms with van der Waals surface area (Å²) in [5.74, 6) is -2.24. The van der Waals surface area contributed by atoms with Gasteiger partial charge in [-0.3, -0.25) is 4.79 Å². The molecular weight excluding hydrogens is 604 g/mol. The van der Waals surface area contributed by atoms with Crippen molar-refractivity contribution in [2.75, 3.05) is 25.4 Å². The first-order valence-corrected chi connectivity index (χ1v) is 14.9. The number of aromatic nitrogens is 4. The van der Waals surface area contributed by atoms with E-state index in [2.05, 4.69) is 20.4 Å². The quantitative estimate of drug-likeness (QED) is 0.117. The summed E-state index contributed by atoms with van der Waals surface area (Å²) < 4.78 is 66.2. The van der Waals surface area contributed by atoms with Crippen LogP contribution in [0.15, 0.2) is 54.9 Å². The number of ketones is 1. The van der Waals surface area contributed by atoms with Crippen LogP contribution in [0.25, 0.3) is 16.6 Å². The average Bonchev–Trinajstić information content (AvgIpc) is 3.65. The third kappa shape index (κ3) is 6.69. The number of anilines is 1. The molecule has 46 heavy (non-hydrogen) atoms. The highest BCUT2D eigenvalue weighted by atomic mass is 19.3. The van der Waals surface area contributed by atoms with E-state index in [0.29, 0.717) is 27.9 Å². The van der Waals surface area contributed by atoms with E-state index in [0.717, 1.165) is 43.6 Å². The van der Waals surface area contributed by atoms with Crippen LogP contribution in [-0.2, 0) is 0 Å². The molecule has 0 saturated carbocycles. The van der Waals surface area contributed by atoms with Crippen molar-refractivity contribution in [3.63, 3.8) is 0 Å². The molecule has 13 heteroatoms. The van der Waals surface area contributed by atoms with Crippen LogP contribution in [0.2, 0.25) is 0 Å². The Morgan fingerprint density at radius 1 is 1.09 bits per heavy atom. The van der Waals surface area contributed by atoms with Gasteiger partial charge in [-0.2, -0.15) is 5.10 Å². The zero-order chi connectivity index (χ0) is 33.0. The van der Waals surface area contributed by atoms with Crippen molar-refractivity contribution in [3.8, 4) is 23.1 Å². The highest BCUT2D eigenvalue weighted by molar-refractivity contribution is 6.12. The highest BCUT2D eigenvalue weighted by Gasteiger charge is 2.24. The van der Waals surface area contributed by atoms with E-state index in [9.17, 15) is 22.4 Å². The van der Waals surface area contributed by atoms with E-state index in [1.165, 1.54) is 29.2 Å². The lowest BCUT2D eigenvalue weighted by Crippen LogP contribution is -2.27. The number of carbonyl (C=O) groups excluding carboxylic acids is 1. The summed E-state index contributed by atoms with van der Waals surface area (Å²) in [7, 11) is 0. The summed E-state index contributed by atoms with van der Waals surface area (Å²) >= 11 is 0. The van der Waals surface area contributed by atoms with E-state index < -0.39 is 36.2 Å². The summed E-state index contributed by atoms with van der Waals surface area (Å²) in [5.41, 5.74) is 9.19. The molecule has 6 rings (SSSR count). The van der Waals surface area contributed by atoms with E-state index in [-0.39, 0.29) is 28.9 Å². The van der Waals surface area contributed by atoms with Gasteiger partial charge < -0.3 is 25.5 Å². The van der Waals surface area contributed by atoms with Gasteiger partial charge in [0.15, 0.2) is 11.6 Å². The van der Waals surface area contributed by atoms with Gasteiger partial charge in [-0.05, 0) is 80.2 Å². The number of alkyl halides is 2. The van der Waals surface area contributed by atoms with Crippen molar-refractivity contribution in [1.29, 1.82) is 0 Å². The summed E-state index contributed by atoms with van der Waals surface area (Å²) in [6, 6.07) is 10.0. The fraction of sp³-hybridized carbons (Fsp3) is 0.303. The maximum atomic E-state index is 14.0. The normalized spacial score (nSPS) is 13.5. The number of pyridine rings is 1. The summed E-state index contributed by atoms with van der Waals surface area (Å²) in [5, 5.41) is 8.20. The Morgan fingerprint density at radius 3 is 2.48 bits per heavy atom. The Morgan fingerprint density at radius 2 is 1.80 bits per heavy atom. The summed E-state index contributed by atoms with van der Waals surface area (Å²) in [4.78, 5) is 20.8. The Kier molecular flexibility index (Phi) is 9.90. The van der Waals surface area contributed by atoms with Gasteiger partial charge in [-0.25, -0.2) is 27.2 Å². The monoisotopic (exact) mass is 638 g/mol. The number of H-pyrrole nitrogens is 1. The minimum atomic E-state index is -2.62. The fourth-order valence-corrected chi connectivity index (χ4v) is 5.38. The number of halogens is 4. The summed E-state index contributed by atoms with van der Waals surface area (Å²) in [6.07, 6.45) is 1.75. The third-order valence-electron chi connectivity index (χ3n) is 7.60. The number of hydrogen-bond donors (Lipinski definition) is 3. The minimum absolute atomic E-state index is 0.0451. The number of carbonyl (C=O) groups is 1. The number of aryl methyl sites for hydroxylation is 1. The van der Waals surface area contributed by atoms with Crippen molar-refractivity contribution in [1.82, 2.24) is 25.1 Å². The van der Waals surface area contributed by atoms with Gasteiger partial charge in [0.25, 0.3) is 6.43 Å². The number of nitrogens with two attached hydrogens (primary N) is 1. The molecule has 1 aliphatic rings. The molecule has 1 fully saturated rings. The number of para-hydroxylation sites is 1. The molecule has 1 aliphatic heterocycles. The van der Waals surface area contributed by atoms with Crippen LogP contribution in [-0.4, -0.2) is 51.7 Å². The molecule has 1 saturated heterocycles. The average molecular weight is 639 g/mol. The van der Waals surface area contributed by atoms with E-state index >= 15 is 0 Å². The first-order chi connectivity index (χ1) is 22.2. The maximum Gasteiger partial charge on any atom is 0.272 e. The number of nitrogen functional groups attached to an aromatic ring is 1. The van der Waals surface area contributed by atoms with E-state index in [1.54, 1.807) is 19.1 Å². The number of ether oxygens (including phenoxy) is 2. The van der Waals surface area contributed by atoms with E-state index in [1.807, 2.05) is 19.9 Å². The van der Waals surface area contributed by atoms with Gasteiger partial charge in [-0.1, -0.05) is 19.9 Å². The standard InChI is InChI=1S/C31H28F4N6O3.C2H6/c1-16-9-28(44-30-21(32)3-2-4-22(30)33)38-14-25(16)41-31(36)20(13-39-41)29(42)24-10-18-11-26(43-15-27(34)35)19(12-23(18)40-24)17-5-7-37-8-6-17;1-2/h2-4,9-14,17,27,37,40H,5-8,15,36H2,1H3;1-2H3. The second kappa shape index (κ2) is 14.0. The molecule has 0 bridgehead atoms. The second-order valence-corrected chi connectivity index (χ2v) is 10.5. The second-order valence-electron chi connectivity index (χ2n) is 10.5. The molecule has 2 aromatic carbocycles. The van der Waals surface area contributed by atoms with Crippen LogP contribution in [0.4, 0.5) is 23.4 Å². The molecule has 4 heterocycles. The Hall–Kier alpha value is -4.91. The topological polar surface area (TPSA) is 120 Å². The third-order valence-corrected chi connectivity index (χ3v) is 7.60. The van der Waals surface area contributed by atoms with Gasteiger partial charge >= 0.3 is 0 Å². The van der Waals surface area contributed by atoms with Crippen molar-refractivity contribution in [2.24, 2.45) is 0 Å². The summed E-state index contributed by atoms with van der Waals surface area (Å²) in [6.45, 7) is 6.60. The first-order valence-electron chi connectivity index (χ1n) is 14.9. The van der Waals surface area contributed by atoms with Gasteiger partial charge in [0.2, 0.25) is 17.4 Å². The van der Waals surface area contributed by atoms with Crippen molar-refractivity contribution < 1.29 is 31.8 Å². The van der Waals surface area contributed by atoms with Gasteiger partial charge in [0.1, 0.15) is 18.2 Å². The molecule has 9 nitrogen and oxygen atoms in total. The first kappa shape index (κ1) is 32.5. The molecule has 0 atom stereocenters. The maximum absolute atomic E-state index is 14.0. The van der Waals surface area contributed by atoms with E-state index in [4.69, 9.17) is 15.2 Å². The molecule has 242 valence electrons. The number of nitrogens with one attached hydrogen (secondary N) is 2.